The number of allylic oxidation sites excluding steroid dienone is 6. The molecule has 1 amide bonds. The van der Waals surface area contributed by atoms with Gasteiger partial charge in [-0.25, -0.2) is 4.79 Å². The first kappa shape index (κ1) is 29.4. The average Bonchev–Trinajstić information content (AvgIpc) is 3.27. The van der Waals surface area contributed by atoms with E-state index >= 15 is 0 Å². The molecular formula is C26H35F3N2O5. The molecule has 3 unspecified atom stereocenters. The molecule has 36 heavy (non-hydrogen) atoms. The molecule has 7 nitrogen and oxygen atoms in total. The topological polar surface area (TPSA) is 97.2 Å². The van der Waals surface area contributed by atoms with Crippen molar-refractivity contribution in [3.63, 3.8) is 0 Å². The zero-order chi connectivity index (χ0) is 27.1. The Kier molecular flexibility index (Phi) is 9.70. The van der Waals surface area contributed by atoms with Crippen LogP contribution in [0.5, 0.6) is 0 Å². The van der Waals surface area contributed by atoms with Crippen LogP contribution >= 0.6 is 0 Å². The molecule has 1 heterocycles. The van der Waals surface area contributed by atoms with Crippen LogP contribution in [0.3, 0.4) is 0 Å². The van der Waals surface area contributed by atoms with E-state index in [1.165, 1.54) is 32.1 Å². The van der Waals surface area contributed by atoms with Crippen molar-refractivity contribution in [3.8, 4) is 0 Å². The number of oxime groups is 1. The predicted molar refractivity (Wildman–Crippen MR) is 130 cm³/mol. The fraction of sp³-hybridized carbons (Fsp3) is 0.577. The van der Waals surface area contributed by atoms with Gasteiger partial charge in [-0.1, -0.05) is 50.2 Å². The van der Waals surface area contributed by atoms with Gasteiger partial charge in [0.2, 0.25) is 5.60 Å². The van der Waals surface area contributed by atoms with E-state index in [2.05, 4.69) is 15.3 Å². The van der Waals surface area contributed by atoms with Gasteiger partial charge in [0.15, 0.2) is 0 Å². The van der Waals surface area contributed by atoms with Crippen LogP contribution < -0.4 is 5.32 Å². The number of fused-ring (bicyclic) bond motifs is 1. The highest BCUT2D eigenvalue weighted by atomic mass is 19.4. The number of amides is 1. The second kappa shape index (κ2) is 11.9. The van der Waals surface area contributed by atoms with Gasteiger partial charge >= 0.3 is 12.1 Å². The van der Waals surface area contributed by atoms with Crippen LogP contribution in [0.2, 0.25) is 0 Å². The number of ether oxygens (including phenoxy) is 1. The van der Waals surface area contributed by atoms with Crippen molar-refractivity contribution >= 4 is 17.6 Å². The lowest BCUT2D eigenvalue weighted by Crippen LogP contribution is -2.60. The summed E-state index contributed by atoms with van der Waals surface area (Å²) in [6.45, 7) is 8.43. The van der Waals surface area contributed by atoms with E-state index in [1.807, 2.05) is 13.0 Å². The molecule has 0 bridgehead atoms. The standard InChI is InChI=1S/C26H35F3N2O5/c1-6-7-11-21(32)36-31-18(3)13-12-17(2)30-23(33)25(34,26(27,28)29)16-24(4,5)20-10-8-9-19-14-15-35-22(19)20/h7-8,10-13,17,19,34H,6,9,14-16H2,1-5H3,(H,30,33)/b11-7+,13-12+,31-18-. The third-order valence-electron chi connectivity index (χ3n) is 6.09. The molecule has 2 aliphatic rings. The maximum Gasteiger partial charge on any atom is 0.426 e. The fourth-order valence-electron chi connectivity index (χ4n) is 4.17. The summed E-state index contributed by atoms with van der Waals surface area (Å²) in [4.78, 5) is 28.9. The molecule has 200 valence electrons. The molecule has 0 aromatic heterocycles. The number of hydrogen-bond donors (Lipinski definition) is 2. The molecule has 2 rings (SSSR count). The molecule has 0 saturated carbocycles. The zero-order valence-corrected chi connectivity index (χ0v) is 21.3. The Morgan fingerprint density at radius 3 is 2.67 bits per heavy atom. The van der Waals surface area contributed by atoms with E-state index in [-0.39, 0.29) is 11.6 Å². The zero-order valence-electron chi connectivity index (χ0n) is 21.3. The Hall–Kier alpha value is -2.88. The van der Waals surface area contributed by atoms with E-state index in [0.717, 1.165) is 12.8 Å². The number of carbonyl (C=O) groups excluding carboxylic acids is 2. The van der Waals surface area contributed by atoms with Crippen molar-refractivity contribution in [2.45, 2.75) is 78.1 Å². The first-order chi connectivity index (χ1) is 16.7. The Morgan fingerprint density at radius 1 is 1.33 bits per heavy atom. The monoisotopic (exact) mass is 512 g/mol. The highest BCUT2D eigenvalue weighted by molar-refractivity contribution is 5.93. The van der Waals surface area contributed by atoms with Gasteiger partial charge in [-0.3, -0.25) is 4.79 Å². The first-order valence-corrected chi connectivity index (χ1v) is 12.0. The maximum absolute atomic E-state index is 14.1. The van der Waals surface area contributed by atoms with Crippen molar-refractivity contribution in [1.29, 1.82) is 0 Å². The van der Waals surface area contributed by atoms with Gasteiger partial charge < -0.3 is 20.0 Å². The van der Waals surface area contributed by atoms with Crippen LogP contribution in [0, 0.1) is 11.3 Å². The summed E-state index contributed by atoms with van der Waals surface area (Å²) in [5, 5.41) is 16.5. The Bertz CT molecular complexity index is 979. The molecule has 2 N–H and O–H groups in total. The van der Waals surface area contributed by atoms with Gasteiger partial charge in [0.05, 0.1) is 12.3 Å². The largest absolute Gasteiger partial charge is 0.497 e. The van der Waals surface area contributed by atoms with Gasteiger partial charge in [-0.2, -0.15) is 13.2 Å². The molecule has 0 aromatic rings. The van der Waals surface area contributed by atoms with Gasteiger partial charge in [0.25, 0.3) is 5.91 Å². The summed E-state index contributed by atoms with van der Waals surface area (Å²) in [5.41, 5.74) is -4.01. The van der Waals surface area contributed by atoms with Crippen molar-refractivity contribution in [1.82, 2.24) is 5.32 Å². The SMILES string of the molecule is CC/C=C/C(=O)O/N=C(C)\C=C\C(C)NC(=O)C(O)(CC(C)(C)C1=C2OCCC2CC=C1)C(F)(F)F. The molecule has 0 aromatic carbocycles. The summed E-state index contributed by atoms with van der Waals surface area (Å²) in [6.07, 6.45) is 5.29. The van der Waals surface area contributed by atoms with E-state index < -0.39 is 41.5 Å². The number of nitrogens with one attached hydrogen (secondary N) is 1. The Labute approximate surface area is 209 Å². The number of halogens is 3. The lowest BCUT2D eigenvalue weighted by molar-refractivity contribution is -0.258. The number of hydrogen-bond acceptors (Lipinski definition) is 6. The summed E-state index contributed by atoms with van der Waals surface area (Å²) < 4.78 is 47.9. The van der Waals surface area contributed by atoms with Gasteiger partial charge in [-0.05, 0) is 50.2 Å². The van der Waals surface area contributed by atoms with Crippen molar-refractivity contribution in [2.75, 3.05) is 6.61 Å². The average molecular weight is 513 g/mol. The van der Waals surface area contributed by atoms with E-state index in [0.29, 0.717) is 24.4 Å². The highest BCUT2D eigenvalue weighted by Gasteiger charge is 2.61. The summed E-state index contributed by atoms with van der Waals surface area (Å²) in [6, 6.07) is -0.880. The molecule has 3 atom stereocenters. The van der Waals surface area contributed by atoms with Crippen molar-refractivity contribution in [2.24, 2.45) is 16.5 Å². The summed E-state index contributed by atoms with van der Waals surface area (Å²) in [5.74, 6) is -1.47. The smallest absolute Gasteiger partial charge is 0.426 e. The van der Waals surface area contributed by atoms with Crippen LogP contribution in [0.1, 0.15) is 60.3 Å². The van der Waals surface area contributed by atoms with Gasteiger partial charge in [0, 0.05) is 24.5 Å². The molecule has 0 radical (unpaired) electrons. The Morgan fingerprint density at radius 2 is 2.03 bits per heavy atom. The number of alkyl halides is 3. The molecule has 1 aliphatic heterocycles. The van der Waals surface area contributed by atoms with Crippen LogP contribution in [0.4, 0.5) is 13.2 Å². The minimum atomic E-state index is -5.21. The summed E-state index contributed by atoms with van der Waals surface area (Å²) in [7, 11) is 0. The minimum Gasteiger partial charge on any atom is -0.497 e. The maximum atomic E-state index is 14.1. The van der Waals surface area contributed by atoms with Gasteiger partial charge in [0.1, 0.15) is 5.76 Å². The highest BCUT2D eigenvalue weighted by Crippen LogP contribution is 2.48. The second-order valence-corrected chi connectivity index (χ2v) is 9.74. The molecule has 0 spiro atoms. The lowest BCUT2D eigenvalue weighted by Gasteiger charge is -2.38. The molecule has 10 heteroatoms. The lowest BCUT2D eigenvalue weighted by atomic mass is 9.71. The van der Waals surface area contributed by atoms with E-state index in [4.69, 9.17) is 4.74 Å². The van der Waals surface area contributed by atoms with E-state index in [1.54, 1.807) is 26.0 Å². The molecular weight excluding hydrogens is 477 g/mol. The number of carbonyl (C=O) groups is 2. The third-order valence-corrected chi connectivity index (χ3v) is 6.09. The van der Waals surface area contributed by atoms with Crippen molar-refractivity contribution in [3.05, 3.63) is 47.8 Å². The minimum absolute atomic E-state index is 0.106. The predicted octanol–water partition coefficient (Wildman–Crippen LogP) is 4.89. The fourth-order valence-corrected chi connectivity index (χ4v) is 4.17. The van der Waals surface area contributed by atoms with Crippen LogP contribution in [-0.4, -0.2) is 47.1 Å². The van der Waals surface area contributed by atoms with E-state index in [9.17, 15) is 27.9 Å². The van der Waals surface area contributed by atoms with Gasteiger partial charge in [-0.15, -0.1) is 0 Å². The van der Waals surface area contributed by atoms with Crippen LogP contribution in [0.25, 0.3) is 0 Å². The number of nitrogens with zero attached hydrogens (tertiary/aromatic N) is 1. The third kappa shape index (κ3) is 7.32. The first-order valence-electron chi connectivity index (χ1n) is 12.0. The number of aliphatic hydroxyl groups is 1. The normalized spacial score (nSPS) is 21.4. The number of rotatable bonds is 10. The molecule has 1 saturated heterocycles. The van der Waals surface area contributed by atoms with Crippen LogP contribution in [-0.2, 0) is 19.2 Å². The van der Waals surface area contributed by atoms with Crippen molar-refractivity contribution < 1.29 is 37.4 Å². The summed E-state index contributed by atoms with van der Waals surface area (Å²) >= 11 is 0. The molecule has 1 fully saturated rings. The quantitative estimate of drug-likeness (QED) is 0.188. The Balaban J connectivity index is 2.15. The molecule has 1 aliphatic carbocycles. The second-order valence-electron chi connectivity index (χ2n) is 9.74. The van der Waals surface area contributed by atoms with Crippen LogP contribution in [0.15, 0.2) is 52.9 Å².